The van der Waals surface area contributed by atoms with Crippen molar-refractivity contribution in [2.24, 2.45) is 0 Å². The van der Waals surface area contributed by atoms with Crippen molar-refractivity contribution in [3.8, 4) is 5.75 Å². The Morgan fingerprint density at radius 3 is 2.42 bits per heavy atom. The van der Waals surface area contributed by atoms with E-state index >= 15 is 0 Å². The second-order valence-corrected chi connectivity index (χ2v) is 6.59. The van der Waals surface area contributed by atoms with Crippen LogP contribution in [-0.4, -0.2) is 60.6 Å². The monoisotopic (exact) mass is 357 g/mol. The van der Waals surface area contributed by atoms with Gasteiger partial charge >= 0.3 is 0 Å². The number of para-hydroxylation sites is 2. The van der Waals surface area contributed by atoms with Gasteiger partial charge in [-0.3, -0.25) is 9.69 Å². The molecule has 6 heteroatoms. The van der Waals surface area contributed by atoms with E-state index in [-0.39, 0.29) is 24.0 Å². The number of likely N-dealkylation sites (N-methyl/N-ethyl adjacent to an activating group) is 1. The first kappa shape index (κ1) is 18.2. The Morgan fingerprint density at radius 1 is 1.08 bits per heavy atom. The molecule has 1 N–H and O–H groups in total. The van der Waals surface area contributed by atoms with Gasteiger partial charge in [0.05, 0.1) is 12.2 Å². The van der Waals surface area contributed by atoms with Gasteiger partial charge < -0.3 is 14.9 Å². The van der Waals surface area contributed by atoms with Crippen LogP contribution in [0.25, 0.3) is 0 Å². The highest BCUT2D eigenvalue weighted by Crippen LogP contribution is 2.27. The summed E-state index contributed by atoms with van der Waals surface area (Å²) < 4.78 is 13.7. The fraction of sp³-hybridized carbons (Fsp3) is 0.350. The molecule has 1 heterocycles. The molecule has 1 amide bonds. The van der Waals surface area contributed by atoms with Gasteiger partial charge in [0.2, 0.25) is 5.91 Å². The van der Waals surface area contributed by atoms with Crippen molar-refractivity contribution in [2.45, 2.75) is 6.54 Å². The van der Waals surface area contributed by atoms with Gasteiger partial charge in [-0.05, 0) is 18.2 Å². The van der Waals surface area contributed by atoms with E-state index in [0.717, 1.165) is 31.9 Å². The van der Waals surface area contributed by atoms with E-state index in [1.165, 1.54) is 6.07 Å². The number of hydrogen-bond donors (Lipinski definition) is 1. The number of hydrogen-bond acceptors (Lipinski definition) is 4. The average molecular weight is 357 g/mol. The van der Waals surface area contributed by atoms with Gasteiger partial charge in [0, 0.05) is 45.3 Å². The minimum absolute atomic E-state index is 0.0238. The van der Waals surface area contributed by atoms with Gasteiger partial charge in [0.15, 0.2) is 0 Å². The van der Waals surface area contributed by atoms with Crippen LogP contribution in [0.15, 0.2) is 48.5 Å². The summed E-state index contributed by atoms with van der Waals surface area (Å²) in [6.45, 7) is 3.58. The molecular formula is C20H24FN3O2. The predicted molar refractivity (Wildman–Crippen MR) is 99.6 cm³/mol. The molecule has 2 aromatic carbocycles. The van der Waals surface area contributed by atoms with Crippen molar-refractivity contribution in [3.63, 3.8) is 0 Å². The van der Waals surface area contributed by atoms with Crippen LogP contribution in [0.1, 0.15) is 5.56 Å². The third kappa shape index (κ3) is 4.32. The molecule has 1 aliphatic rings. The minimum Gasteiger partial charge on any atom is -0.506 e. The number of aromatic hydroxyl groups is 1. The number of halogens is 1. The summed E-state index contributed by atoms with van der Waals surface area (Å²) in [6.07, 6.45) is 0. The molecule has 0 radical (unpaired) electrons. The standard InChI is InChI=1S/C20H24FN3O2/c1-22(14-16-6-2-3-7-17(16)21)20(26)15-23-10-12-24(13-11-23)18-8-4-5-9-19(18)25/h2-9,25H,10-15H2,1H3. The lowest BCUT2D eigenvalue weighted by molar-refractivity contribution is -0.131. The first-order valence-corrected chi connectivity index (χ1v) is 8.77. The molecule has 138 valence electrons. The van der Waals surface area contributed by atoms with Crippen LogP contribution in [0.5, 0.6) is 5.75 Å². The molecule has 3 rings (SSSR count). The van der Waals surface area contributed by atoms with Crippen LogP contribution in [0.4, 0.5) is 10.1 Å². The van der Waals surface area contributed by atoms with Gasteiger partial charge in [0.25, 0.3) is 0 Å². The number of amides is 1. The second kappa shape index (κ2) is 8.19. The Kier molecular flexibility index (Phi) is 5.73. The van der Waals surface area contributed by atoms with Gasteiger partial charge in [-0.2, -0.15) is 0 Å². The lowest BCUT2D eigenvalue weighted by Gasteiger charge is -2.36. The first-order chi connectivity index (χ1) is 12.5. The number of benzene rings is 2. The molecule has 1 aliphatic heterocycles. The minimum atomic E-state index is -0.288. The SMILES string of the molecule is CN(Cc1ccccc1F)C(=O)CN1CCN(c2ccccc2O)CC1. The van der Waals surface area contributed by atoms with Crippen molar-refractivity contribution in [2.75, 3.05) is 44.7 Å². The van der Waals surface area contributed by atoms with E-state index < -0.39 is 0 Å². The Labute approximate surface area is 153 Å². The number of phenols is 1. The molecule has 0 bridgehead atoms. The van der Waals surface area contributed by atoms with Crippen molar-refractivity contribution >= 4 is 11.6 Å². The summed E-state index contributed by atoms with van der Waals surface area (Å²) in [4.78, 5) is 18.2. The van der Waals surface area contributed by atoms with Crippen LogP contribution in [-0.2, 0) is 11.3 Å². The first-order valence-electron chi connectivity index (χ1n) is 8.77. The van der Waals surface area contributed by atoms with Gasteiger partial charge in [0.1, 0.15) is 11.6 Å². The quantitative estimate of drug-likeness (QED) is 0.892. The Morgan fingerprint density at radius 2 is 1.73 bits per heavy atom. The molecule has 0 saturated carbocycles. The number of piperazine rings is 1. The number of phenolic OH excluding ortho intramolecular Hbond substituents is 1. The number of nitrogens with zero attached hydrogens (tertiary/aromatic N) is 3. The maximum Gasteiger partial charge on any atom is 0.236 e. The number of carbonyl (C=O) groups is 1. The Hall–Kier alpha value is -2.60. The van der Waals surface area contributed by atoms with Gasteiger partial charge in [-0.1, -0.05) is 30.3 Å². The fourth-order valence-electron chi connectivity index (χ4n) is 3.16. The number of anilines is 1. The largest absolute Gasteiger partial charge is 0.506 e. The highest BCUT2D eigenvalue weighted by atomic mass is 19.1. The predicted octanol–water partition coefficient (Wildman–Crippen LogP) is 2.31. The zero-order chi connectivity index (χ0) is 18.5. The third-order valence-corrected chi connectivity index (χ3v) is 4.74. The van der Waals surface area contributed by atoms with E-state index in [1.54, 1.807) is 42.3 Å². The molecule has 0 atom stereocenters. The second-order valence-electron chi connectivity index (χ2n) is 6.59. The van der Waals surface area contributed by atoms with Crippen molar-refractivity contribution < 1.29 is 14.3 Å². The Balaban J connectivity index is 1.50. The number of carbonyl (C=O) groups excluding carboxylic acids is 1. The normalized spacial score (nSPS) is 15.1. The molecule has 5 nitrogen and oxygen atoms in total. The number of rotatable bonds is 5. The maximum absolute atomic E-state index is 13.7. The average Bonchev–Trinajstić information content (AvgIpc) is 2.65. The van der Waals surface area contributed by atoms with Gasteiger partial charge in [-0.25, -0.2) is 4.39 Å². The molecule has 1 fully saturated rings. The molecule has 0 unspecified atom stereocenters. The summed E-state index contributed by atoms with van der Waals surface area (Å²) >= 11 is 0. The Bertz CT molecular complexity index is 760. The van der Waals surface area contributed by atoms with Crippen LogP contribution in [0.2, 0.25) is 0 Å². The molecule has 0 aliphatic carbocycles. The topological polar surface area (TPSA) is 47.0 Å². The molecule has 26 heavy (non-hydrogen) atoms. The summed E-state index contributed by atoms with van der Waals surface area (Å²) in [6, 6.07) is 13.8. The van der Waals surface area contributed by atoms with E-state index in [2.05, 4.69) is 9.80 Å². The van der Waals surface area contributed by atoms with Crippen molar-refractivity contribution in [1.29, 1.82) is 0 Å². The molecule has 0 aromatic heterocycles. The lowest BCUT2D eigenvalue weighted by atomic mass is 10.2. The summed E-state index contributed by atoms with van der Waals surface area (Å²) in [5, 5.41) is 9.96. The summed E-state index contributed by atoms with van der Waals surface area (Å²) in [5.74, 6) is -0.0330. The highest BCUT2D eigenvalue weighted by Gasteiger charge is 2.22. The third-order valence-electron chi connectivity index (χ3n) is 4.74. The molecule has 1 saturated heterocycles. The highest BCUT2D eigenvalue weighted by molar-refractivity contribution is 5.78. The molecule has 2 aromatic rings. The van der Waals surface area contributed by atoms with E-state index in [4.69, 9.17) is 0 Å². The fourth-order valence-corrected chi connectivity index (χ4v) is 3.16. The molecule has 0 spiro atoms. The zero-order valence-corrected chi connectivity index (χ0v) is 14.9. The lowest BCUT2D eigenvalue weighted by Crippen LogP contribution is -2.49. The summed E-state index contributed by atoms with van der Waals surface area (Å²) in [5.41, 5.74) is 1.35. The van der Waals surface area contributed by atoms with E-state index in [9.17, 15) is 14.3 Å². The van der Waals surface area contributed by atoms with Crippen molar-refractivity contribution in [3.05, 3.63) is 59.9 Å². The summed E-state index contributed by atoms with van der Waals surface area (Å²) in [7, 11) is 1.70. The van der Waals surface area contributed by atoms with Gasteiger partial charge in [-0.15, -0.1) is 0 Å². The van der Waals surface area contributed by atoms with Crippen LogP contribution in [0.3, 0.4) is 0 Å². The zero-order valence-electron chi connectivity index (χ0n) is 14.9. The van der Waals surface area contributed by atoms with Crippen molar-refractivity contribution in [1.82, 2.24) is 9.80 Å². The van der Waals surface area contributed by atoms with Crippen LogP contribution in [0, 0.1) is 5.82 Å². The maximum atomic E-state index is 13.7. The van der Waals surface area contributed by atoms with E-state index in [0.29, 0.717) is 12.1 Å². The van der Waals surface area contributed by atoms with Crippen LogP contribution >= 0.6 is 0 Å². The molecular weight excluding hydrogens is 333 g/mol. The van der Waals surface area contributed by atoms with E-state index in [1.807, 2.05) is 12.1 Å². The van der Waals surface area contributed by atoms with Crippen LogP contribution < -0.4 is 4.90 Å². The smallest absolute Gasteiger partial charge is 0.236 e.